The van der Waals surface area contributed by atoms with Crippen LogP contribution in [-0.4, -0.2) is 44.4 Å². The molecule has 0 amide bonds. The van der Waals surface area contributed by atoms with Crippen molar-refractivity contribution in [3.8, 4) is 17.0 Å². The molecule has 1 aliphatic heterocycles. The Morgan fingerprint density at radius 2 is 1.96 bits per heavy atom. The van der Waals surface area contributed by atoms with E-state index in [1.807, 2.05) is 16.8 Å². The highest BCUT2D eigenvalue weighted by Gasteiger charge is 2.20. The smallest absolute Gasteiger partial charge is 0.235 e. The Bertz CT molecular complexity index is 1020. The van der Waals surface area contributed by atoms with Crippen LogP contribution in [0, 0.1) is 6.92 Å². The van der Waals surface area contributed by atoms with Crippen LogP contribution in [0.1, 0.15) is 18.5 Å². The molecule has 0 unspecified atom stereocenters. The molecule has 1 aliphatic rings. The first-order chi connectivity index (χ1) is 12.6. The quantitative estimate of drug-likeness (QED) is 0.737. The van der Waals surface area contributed by atoms with Gasteiger partial charge in [-0.05, 0) is 38.9 Å². The van der Waals surface area contributed by atoms with Gasteiger partial charge < -0.3 is 15.0 Å². The first kappa shape index (κ1) is 17.1. The number of aromatic amines is 1. The topological polar surface area (TPSA) is 74.2 Å². The molecular formula is C19H21ClN4O2. The van der Waals surface area contributed by atoms with Crippen molar-refractivity contribution in [3.05, 3.63) is 45.2 Å². The summed E-state index contributed by atoms with van der Waals surface area (Å²) in [6, 6.07) is 7.13. The molecule has 26 heavy (non-hydrogen) atoms. The van der Waals surface area contributed by atoms with Gasteiger partial charge in [-0.3, -0.25) is 4.79 Å². The first-order valence-electron chi connectivity index (χ1n) is 8.86. The zero-order chi connectivity index (χ0) is 18.3. The number of pyridine rings is 1. The number of aromatic hydroxyl groups is 1. The number of halogens is 1. The second kappa shape index (κ2) is 6.78. The van der Waals surface area contributed by atoms with Gasteiger partial charge in [0.25, 0.3) is 0 Å². The van der Waals surface area contributed by atoms with E-state index in [0.29, 0.717) is 39.6 Å². The van der Waals surface area contributed by atoms with Crippen molar-refractivity contribution in [2.45, 2.75) is 26.3 Å². The number of nitrogens with zero attached hydrogens (tertiary/aromatic N) is 3. The SMILES string of the molecule is Cc1nn(CCN2CCCC2)c2[nH]c(-c3ccccc3Cl)c(O)c(=O)c12. The highest BCUT2D eigenvalue weighted by Crippen LogP contribution is 2.32. The van der Waals surface area contributed by atoms with Gasteiger partial charge in [0, 0.05) is 12.1 Å². The molecule has 7 heteroatoms. The average molecular weight is 373 g/mol. The van der Waals surface area contributed by atoms with Crippen molar-refractivity contribution in [1.29, 1.82) is 0 Å². The van der Waals surface area contributed by atoms with Crippen molar-refractivity contribution in [2.75, 3.05) is 19.6 Å². The molecule has 2 N–H and O–H groups in total. The normalized spacial score (nSPS) is 15.2. The lowest BCUT2D eigenvalue weighted by Gasteiger charge is -2.15. The fourth-order valence-corrected chi connectivity index (χ4v) is 3.88. The summed E-state index contributed by atoms with van der Waals surface area (Å²) >= 11 is 6.26. The molecule has 3 aromatic rings. The van der Waals surface area contributed by atoms with E-state index in [0.717, 1.165) is 19.6 Å². The molecule has 0 bridgehead atoms. The zero-order valence-corrected chi connectivity index (χ0v) is 15.4. The molecule has 0 aliphatic carbocycles. The third-order valence-corrected chi connectivity index (χ3v) is 5.35. The van der Waals surface area contributed by atoms with Crippen LogP contribution in [0.4, 0.5) is 0 Å². The average Bonchev–Trinajstić information content (AvgIpc) is 3.25. The minimum Gasteiger partial charge on any atom is -0.503 e. The number of nitrogens with one attached hydrogen (secondary N) is 1. The molecule has 3 heterocycles. The van der Waals surface area contributed by atoms with Crippen LogP contribution in [0.3, 0.4) is 0 Å². The largest absolute Gasteiger partial charge is 0.503 e. The molecule has 1 fully saturated rings. The minimum absolute atomic E-state index is 0.326. The third-order valence-electron chi connectivity index (χ3n) is 5.02. The van der Waals surface area contributed by atoms with Crippen LogP contribution < -0.4 is 5.43 Å². The van der Waals surface area contributed by atoms with Crippen molar-refractivity contribution in [3.63, 3.8) is 0 Å². The molecule has 2 aromatic heterocycles. The molecule has 1 aromatic carbocycles. The lowest BCUT2D eigenvalue weighted by atomic mass is 10.1. The fraction of sp³-hybridized carbons (Fsp3) is 0.368. The zero-order valence-electron chi connectivity index (χ0n) is 14.6. The Morgan fingerprint density at radius 3 is 2.69 bits per heavy atom. The van der Waals surface area contributed by atoms with Gasteiger partial charge in [-0.15, -0.1) is 0 Å². The van der Waals surface area contributed by atoms with E-state index in [1.54, 1.807) is 19.1 Å². The summed E-state index contributed by atoms with van der Waals surface area (Å²) < 4.78 is 1.82. The van der Waals surface area contributed by atoms with E-state index in [2.05, 4.69) is 15.0 Å². The Hall–Kier alpha value is -2.31. The standard InChI is InChI=1S/C19H21ClN4O2/c1-12-15-17(25)18(26)16(13-6-2-3-7-14(13)20)21-19(15)24(22-12)11-10-23-8-4-5-9-23/h2-3,6-7,26H,4-5,8-11H2,1H3,(H,21,25). The van der Waals surface area contributed by atoms with Gasteiger partial charge in [0.1, 0.15) is 5.65 Å². The van der Waals surface area contributed by atoms with Gasteiger partial charge in [-0.2, -0.15) is 5.10 Å². The summed E-state index contributed by atoms with van der Waals surface area (Å²) in [6.45, 7) is 5.59. The van der Waals surface area contributed by atoms with Crippen LogP contribution in [0.25, 0.3) is 22.3 Å². The maximum absolute atomic E-state index is 12.8. The van der Waals surface area contributed by atoms with Crippen LogP contribution >= 0.6 is 11.6 Å². The maximum atomic E-state index is 12.8. The van der Waals surface area contributed by atoms with Gasteiger partial charge >= 0.3 is 0 Å². The molecule has 1 saturated heterocycles. The predicted octanol–water partition coefficient (Wildman–Crippen LogP) is 3.15. The molecule has 0 radical (unpaired) electrons. The Morgan fingerprint density at radius 1 is 1.23 bits per heavy atom. The number of hydrogen-bond acceptors (Lipinski definition) is 4. The summed E-state index contributed by atoms with van der Waals surface area (Å²) in [5, 5.41) is 15.9. The first-order valence-corrected chi connectivity index (χ1v) is 9.23. The predicted molar refractivity (Wildman–Crippen MR) is 103 cm³/mol. The van der Waals surface area contributed by atoms with Gasteiger partial charge in [0.05, 0.1) is 28.3 Å². The third kappa shape index (κ3) is 2.89. The highest BCUT2D eigenvalue weighted by molar-refractivity contribution is 6.33. The summed E-state index contributed by atoms with van der Waals surface area (Å²) in [4.78, 5) is 18.4. The molecule has 136 valence electrons. The monoisotopic (exact) mass is 372 g/mol. The van der Waals surface area contributed by atoms with Gasteiger partial charge in [-0.1, -0.05) is 29.8 Å². The number of benzene rings is 1. The van der Waals surface area contributed by atoms with Crippen LogP contribution in [0.15, 0.2) is 29.1 Å². The number of H-pyrrole nitrogens is 1. The van der Waals surface area contributed by atoms with E-state index in [4.69, 9.17) is 11.6 Å². The molecular weight excluding hydrogens is 352 g/mol. The van der Waals surface area contributed by atoms with E-state index in [9.17, 15) is 9.90 Å². The molecule has 0 atom stereocenters. The lowest BCUT2D eigenvalue weighted by Crippen LogP contribution is -2.24. The Labute approximate surface area is 156 Å². The second-order valence-electron chi connectivity index (χ2n) is 6.74. The van der Waals surface area contributed by atoms with Crippen molar-refractivity contribution in [2.24, 2.45) is 0 Å². The molecule has 4 rings (SSSR count). The fourth-order valence-electron chi connectivity index (χ4n) is 3.65. The maximum Gasteiger partial charge on any atom is 0.235 e. The number of rotatable bonds is 4. The lowest BCUT2D eigenvalue weighted by molar-refractivity contribution is 0.317. The van der Waals surface area contributed by atoms with Gasteiger partial charge in [-0.25, -0.2) is 4.68 Å². The van der Waals surface area contributed by atoms with Crippen molar-refractivity contribution >= 4 is 22.6 Å². The Kier molecular flexibility index (Phi) is 4.46. The van der Waals surface area contributed by atoms with E-state index < -0.39 is 5.43 Å². The minimum atomic E-state index is -0.418. The van der Waals surface area contributed by atoms with Gasteiger partial charge in [0.2, 0.25) is 5.43 Å². The van der Waals surface area contributed by atoms with Crippen molar-refractivity contribution < 1.29 is 5.11 Å². The van der Waals surface area contributed by atoms with Crippen LogP contribution in [-0.2, 0) is 6.54 Å². The van der Waals surface area contributed by atoms with E-state index in [1.165, 1.54) is 12.8 Å². The summed E-state index contributed by atoms with van der Waals surface area (Å²) in [5.41, 5.74) is 1.74. The summed E-state index contributed by atoms with van der Waals surface area (Å²) in [5.74, 6) is -0.326. The van der Waals surface area contributed by atoms with Crippen molar-refractivity contribution in [1.82, 2.24) is 19.7 Å². The number of aromatic nitrogens is 3. The van der Waals surface area contributed by atoms with Crippen LogP contribution in [0.2, 0.25) is 5.02 Å². The number of hydrogen-bond donors (Lipinski definition) is 2. The number of fused-ring (bicyclic) bond motifs is 1. The molecule has 0 spiro atoms. The van der Waals surface area contributed by atoms with E-state index in [-0.39, 0.29) is 5.75 Å². The van der Waals surface area contributed by atoms with Crippen LogP contribution in [0.5, 0.6) is 5.75 Å². The number of likely N-dealkylation sites (tertiary alicyclic amines) is 1. The molecule has 6 nitrogen and oxygen atoms in total. The summed E-state index contributed by atoms with van der Waals surface area (Å²) in [7, 11) is 0. The summed E-state index contributed by atoms with van der Waals surface area (Å²) in [6.07, 6.45) is 2.47. The van der Waals surface area contributed by atoms with E-state index >= 15 is 0 Å². The number of aryl methyl sites for hydroxylation is 1. The second-order valence-corrected chi connectivity index (χ2v) is 7.15. The highest BCUT2D eigenvalue weighted by atomic mass is 35.5. The Balaban J connectivity index is 1.82. The van der Waals surface area contributed by atoms with Gasteiger partial charge in [0.15, 0.2) is 5.75 Å². The molecule has 0 saturated carbocycles.